The van der Waals surface area contributed by atoms with Crippen LogP contribution in [0.1, 0.15) is 23.4 Å². The number of nitrogens with zero attached hydrogens (tertiary/aromatic N) is 1. The van der Waals surface area contributed by atoms with Crippen LogP contribution in [0.15, 0.2) is 35.7 Å². The second-order valence-corrected chi connectivity index (χ2v) is 6.03. The van der Waals surface area contributed by atoms with E-state index >= 15 is 0 Å². The van der Waals surface area contributed by atoms with Crippen molar-refractivity contribution in [1.29, 1.82) is 0 Å². The fourth-order valence-corrected chi connectivity index (χ4v) is 3.39. The quantitative estimate of drug-likeness (QED) is 0.892. The van der Waals surface area contributed by atoms with Gasteiger partial charge in [0.25, 0.3) is 0 Å². The number of benzene rings is 1. The molecule has 0 radical (unpaired) electrons. The number of carbonyl (C=O) groups is 1. The topological polar surface area (TPSA) is 40.5 Å². The molecule has 0 fully saturated rings. The van der Waals surface area contributed by atoms with Crippen molar-refractivity contribution in [2.24, 2.45) is 0 Å². The SMILES string of the molecule is Cc1ccsc1C(C)N(CC(=O)O)c1cccc(Cl)c1. The maximum Gasteiger partial charge on any atom is 0.323 e. The Morgan fingerprint density at radius 1 is 1.45 bits per heavy atom. The average Bonchev–Trinajstić information content (AvgIpc) is 2.81. The lowest BCUT2D eigenvalue weighted by Crippen LogP contribution is -2.32. The van der Waals surface area contributed by atoms with Crippen molar-refractivity contribution in [3.63, 3.8) is 0 Å². The van der Waals surface area contributed by atoms with Gasteiger partial charge in [-0.05, 0) is 49.1 Å². The molecule has 5 heteroatoms. The van der Waals surface area contributed by atoms with Gasteiger partial charge in [0.15, 0.2) is 0 Å². The minimum Gasteiger partial charge on any atom is -0.480 e. The predicted molar refractivity (Wildman–Crippen MR) is 83.9 cm³/mol. The molecule has 0 saturated heterocycles. The maximum atomic E-state index is 11.2. The first-order valence-electron chi connectivity index (χ1n) is 6.27. The number of aliphatic carboxylic acids is 1. The van der Waals surface area contributed by atoms with Crippen LogP contribution < -0.4 is 4.90 Å². The fourth-order valence-electron chi connectivity index (χ4n) is 2.21. The molecule has 1 heterocycles. The molecular weight excluding hydrogens is 294 g/mol. The molecule has 0 bridgehead atoms. The summed E-state index contributed by atoms with van der Waals surface area (Å²) in [6.07, 6.45) is 0. The molecule has 2 aromatic rings. The molecule has 20 heavy (non-hydrogen) atoms. The number of aryl methyl sites for hydroxylation is 1. The number of carboxylic acids is 1. The third kappa shape index (κ3) is 3.32. The van der Waals surface area contributed by atoms with E-state index in [0.717, 1.165) is 5.69 Å². The number of hydrogen-bond donors (Lipinski definition) is 1. The average molecular weight is 310 g/mol. The molecule has 1 aromatic heterocycles. The van der Waals surface area contributed by atoms with E-state index in [4.69, 9.17) is 16.7 Å². The summed E-state index contributed by atoms with van der Waals surface area (Å²) in [5, 5.41) is 11.8. The Labute approximate surface area is 127 Å². The van der Waals surface area contributed by atoms with Gasteiger partial charge in [-0.15, -0.1) is 11.3 Å². The molecule has 1 unspecified atom stereocenters. The molecule has 1 atom stereocenters. The number of carboxylic acid groups (broad SMARTS) is 1. The zero-order valence-electron chi connectivity index (χ0n) is 11.3. The molecule has 0 aliphatic carbocycles. The van der Waals surface area contributed by atoms with Crippen molar-refractivity contribution in [2.45, 2.75) is 19.9 Å². The van der Waals surface area contributed by atoms with Crippen molar-refractivity contribution in [3.05, 3.63) is 51.2 Å². The second-order valence-electron chi connectivity index (χ2n) is 4.65. The van der Waals surface area contributed by atoms with Gasteiger partial charge >= 0.3 is 5.97 Å². The third-order valence-electron chi connectivity index (χ3n) is 3.19. The number of rotatable bonds is 5. The highest BCUT2D eigenvalue weighted by Gasteiger charge is 2.21. The highest BCUT2D eigenvalue weighted by atomic mass is 35.5. The summed E-state index contributed by atoms with van der Waals surface area (Å²) in [6.45, 7) is 4.00. The number of thiophene rings is 1. The van der Waals surface area contributed by atoms with Gasteiger partial charge in [-0.25, -0.2) is 0 Å². The molecule has 1 aromatic carbocycles. The van der Waals surface area contributed by atoms with E-state index in [1.165, 1.54) is 10.4 Å². The minimum absolute atomic E-state index is 0.00966. The summed E-state index contributed by atoms with van der Waals surface area (Å²) in [5.41, 5.74) is 2.00. The third-order valence-corrected chi connectivity index (χ3v) is 4.62. The van der Waals surface area contributed by atoms with Crippen molar-refractivity contribution in [2.75, 3.05) is 11.4 Å². The van der Waals surface area contributed by atoms with Crippen LogP contribution in [0.2, 0.25) is 5.02 Å². The Kier molecular flexibility index (Phi) is 4.68. The Hall–Kier alpha value is -1.52. The van der Waals surface area contributed by atoms with Crippen LogP contribution in [0.25, 0.3) is 0 Å². The Morgan fingerprint density at radius 2 is 2.20 bits per heavy atom. The molecule has 0 amide bonds. The van der Waals surface area contributed by atoms with Crippen LogP contribution >= 0.6 is 22.9 Å². The fraction of sp³-hybridized carbons (Fsp3) is 0.267. The van der Waals surface area contributed by atoms with E-state index < -0.39 is 5.97 Å². The lowest BCUT2D eigenvalue weighted by molar-refractivity contribution is -0.135. The van der Waals surface area contributed by atoms with E-state index in [2.05, 4.69) is 0 Å². The summed E-state index contributed by atoms with van der Waals surface area (Å²) < 4.78 is 0. The summed E-state index contributed by atoms with van der Waals surface area (Å²) >= 11 is 7.66. The van der Waals surface area contributed by atoms with E-state index in [-0.39, 0.29) is 12.6 Å². The Morgan fingerprint density at radius 3 is 2.75 bits per heavy atom. The zero-order chi connectivity index (χ0) is 14.7. The molecule has 0 saturated carbocycles. The summed E-state index contributed by atoms with van der Waals surface area (Å²) in [4.78, 5) is 14.2. The zero-order valence-corrected chi connectivity index (χ0v) is 12.9. The van der Waals surface area contributed by atoms with Crippen molar-refractivity contribution < 1.29 is 9.90 Å². The van der Waals surface area contributed by atoms with Crippen molar-refractivity contribution in [1.82, 2.24) is 0 Å². The molecule has 2 rings (SSSR count). The number of anilines is 1. The van der Waals surface area contributed by atoms with Gasteiger partial charge in [-0.3, -0.25) is 4.79 Å². The van der Waals surface area contributed by atoms with Gasteiger partial charge in [-0.1, -0.05) is 17.7 Å². The monoisotopic (exact) mass is 309 g/mol. The molecule has 0 aliphatic rings. The van der Waals surface area contributed by atoms with Crippen LogP contribution in [-0.4, -0.2) is 17.6 Å². The first-order chi connectivity index (χ1) is 9.49. The van der Waals surface area contributed by atoms with Gasteiger partial charge in [0.05, 0.1) is 6.04 Å². The maximum absolute atomic E-state index is 11.2. The van der Waals surface area contributed by atoms with Gasteiger partial charge in [0.2, 0.25) is 0 Å². The van der Waals surface area contributed by atoms with Crippen LogP contribution in [-0.2, 0) is 4.79 Å². The lowest BCUT2D eigenvalue weighted by atomic mass is 10.1. The molecule has 0 aliphatic heterocycles. The van der Waals surface area contributed by atoms with E-state index in [0.29, 0.717) is 5.02 Å². The van der Waals surface area contributed by atoms with Crippen LogP contribution in [0, 0.1) is 6.92 Å². The summed E-state index contributed by atoms with van der Waals surface area (Å²) in [7, 11) is 0. The normalized spacial score (nSPS) is 12.2. The van der Waals surface area contributed by atoms with Crippen molar-refractivity contribution >= 4 is 34.6 Å². The van der Waals surface area contributed by atoms with E-state index in [9.17, 15) is 4.79 Å². The Bertz CT molecular complexity index is 611. The summed E-state index contributed by atoms with van der Waals surface area (Å²) in [6, 6.07) is 9.33. The molecule has 1 N–H and O–H groups in total. The van der Waals surface area contributed by atoms with Crippen LogP contribution in [0.5, 0.6) is 0 Å². The van der Waals surface area contributed by atoms with Gasteiger partial charge in [-0.2, -0.15) is 0 Å². The molecule has 106 valence electrons. The first kappa shape index (κ1) is 14.9. The predicted octanol–water partition coefficient (Wildman–Crippen LogP) is 4.36. The summed E-state index contributed by atoms with van der Waals surface area (Å²) in [5.74, 6) is -0.856. The number of halogens is 1. The van der Waals surface area contributed by atoms with Crippen LogP contribution in [0.3, 0.4) is 0 Å². The highest BCUT2D eigenvalue weighted by Crippen LogP contribution is 2.32. The highest BCUT2D eigenvalue weighted by molar-refractivity contribution is 7.10. The first-order valence-corrected chi connectivity index (χ1v) is 7.53. The van der Waals surface area contributed by atoms with Crippen molar-refractivity contribution in [3.8, 4) is 0 Å². The van der Waals surface area contributed by atoms with E-state index in [1.807, 2.05) is 42.3 Å². The van der Waals surface area contributed by atoms with E-state index in [1.54, 1.807) is 23.5 Å². The Balaban J connectivity index is 2.37. The molecule has 0 spiro atoms. The minimum atomic E-state index is -0.856. The van der Waals surface area contributed by atoms with Gasteiger partial charge in [0, 0.05) is 15.6 Å². The van der Waals surface area contributed by atoms with Crippen LogP contribution in [0.4, 0.5) is 5.69 Å². The smallest absolute Gasteiger partial charge is 0.323 e. The second kappa shape index (κ2) is 6.29. The lowest BCUT2D eigenvalue weighted by Gasteiger charge is -2.30. The largest absolute Gasteiger partial charge is 0.480 e. The standard InChI is InChI=1S/C15H16ClNO2S/c1-10-6-7-20-15(10)11(2)17(9-14(18)19)13-5-3-4-12(16)8-13/h3-8,11H,9H2,1-2H3,(H,18,19). The number of hydrogen-bond acceptors (Lipinski definition) is 3. The van der Waals surface area contributed by atoms with Gasteiger partial charge < -0.3 is 10.0 Å². The molecular formula is C15H16ClNO2S. The van der Waals surface area contributed by atoms with Gasteiger partial charge in [0.1, 0.15) is 6.54 Å². The molecule has 3 nitrogen and oxygen atoms in total.